The standard InChI is InChI=1S/C22H24O/c1-15-11-12-18-17(13-15)14-20(19-9-5-6-10-21(19)23)22(18)16-7-3-2-4-8-16/h5-6,9-13,16,23H,2-4,7-8,14H2,1H3. The van der Waals surface area contributed by atoms with Gasteiger partial charge in [-0.15, -0.1) is 0 Å². The number of rotatable bonds is 2. The van der Waals surface area contributed by atoms with Gasteiger partial charge in [0.15, 0.2) is 0 Å². The molecule has 4 rings (SSSR count). The molecule has 118 valence electrons. The first kappa shape index (κ1) is 14.6. The first-order valence-corrected chi connectivity index (χ1v) is 8.85. The molecule has 1 saturated carbocycles. The van der Waals surface area contributed by atoms with Crippen molar-refractivity contribution in [2.75, 3.05) is 0 Å². The lowest BCUT2D eigenvalue weighted by Crippen LogP contribution is -2.09. The van der Waals surface area contributed by atoms with E-state index >= 15 is 0 Å². The van der Waals surface area contributed by atoms with Gasteiger partial charge in [0.2, 0.25) is 0 Å². The van der Waals surface area contributed by atoms with Crippen LogP contribution in [-0.4, -0.2) is 5.11 Å². The Morgan fingerprint density at radius 1 is 0.913 bits per heavy atom. The molecular weight excluding hydrogens is 280 g/mol. The molecule has 1 heteroatoms. The molecule has 0 bridgehead atoms. The van der Waals surface area contributed by atoms with Gasteiger partial charge < -0.3 is 5.11 Å². The maximum Gasteiger partial charge on any atom is 0.123 e. The minimum atomic E-state index is 0.417. The third-order valence-electron chi connectivity index (χ3n) is 5.49. The number of phenolic OH excluding ortho intramolecular Hbond substituents is 1. The summed E-state index contributed by atoms with van der Waals surface area (Å²) >= 11 is 0. The highest BCUT2D eigenvalue weighted by Gasteiger charge is 2.30. The largest absolute Gasteiger partial charge is 0.507 e. The lowest BCUT2D eigenvalue weighted by atomic mass is 9.79. The van der Waals surface area contributed by atoms with Gasteiger partial charge in [-0.05, 0) is 60.4 Å². The molecule has 2 aromatic rings. The average molecular weight is 304 g/mol. The molecule has 0 aliphatic heterocycles. The van der Waals surface area contributed by atoms with Gasteiger partial charge in [0.05, 0.1) is 0 Å². The summed E-state index contributed by atoms with van der Waals surface area (Å²) in [5, 5.41) is 10.4. The normalized spacial score (nSPS) is 18.3. The van der Waals surface area contributed by atoms with E-state index in [4.69, 9.17) is 0 Å². The molecule has 23 heavy (non-hydrogen) atoms. The van der Waals surface area contributed by atoms with Gasteiger partial charge >= 0.3 is 0 Å². The van der Waals surface area contributed by atoms with Gasteiger partial charge in [-0.2, -0.15) is 0 Å². The fourth-order valence-corrected chi connectivity index (χ4v) is 4.41. The smallest absolute Gasteiger partial charge is 0.123 e. The fraction of sp³-hybridized carbons (Fsp3) is 0.364. The Morgan fingerprint density at radius 2 is 1.70 bits per heavy atom. The molecule has 0 heterocycles. The monoisotopic (exact) mass is 304 g/mol. The predicted molar refractivity (Wildman–Crippen MR) is 96.4 cm³/mol. The summed E-state index contributed by atoms with van der Waals surface area (Å²) in [6.45, 7) is 2.17. The minimum Gasteiger partial charge on any atom is -0.507 e. The molecule has 0 atom stereocenters. The van der Waals surface area contributed by atoms with E-state index in [2.05, 4.69) is 31.2 Å². The van der Waals surface area contributed by atoms with Crippen LogP contribution in [0.3, 0.4) is 0 Å². The molecule has 0 spiro atoms. The number of aromatic hydroxyl groups is 1. The Balaban J connectivity index is 1.87. The Bertz CT molecular complexity index is 763. The van der Waals surface area contributed by atoms with Crippen LogP contribution in [0.5, 0.6) is 5.75 Å². The second kappa shape index (κ2) is 5.88. The van der Waals surface area contributed by atoms with E-state index in [0.717, 1.165) is 12.0 Å². The highest BCUT2D eigenvalue weighted by molar-refractivity contribution is 5.99. The summed E-state index contributed by atoms with van der Waals surface area (Å²) in [4.78, 5) is 0. The number of fused-ring (bicyclic) bond motifs is 1. The van der Waals surface area contributed by atoms with E-state index < -0.39 is 0 Å². The van der Waals surface area contributed by atoms with Crippen molar-refractivity contribution in [2.45, 2.75) is 45.4 Å². The Labute approximate surface area is 138 Å². The van der Waals surface area contributed by atoms with Crippen LogP contribution in [0.4, 0.5) is 0 Å². The summed E-state index contributed by atoms with van der Waals surface area (Å²) in [7, 11) is 0. The van der Waals surface area contributed by atoms with Crippen LogP contribution >= 0.6 is 0 Å². The summed E-state index contributed by atoms with van der Waals surface area (Å²) in [6, 6.07) is 14.7. The number of allylic oxidation sites excluding steroid dienone is 2. The highest BCUT2D eigenvalue weighted by atomic mass is 16.3. The second-order valence-corrected chi connectivity index (χ2v) is 7.08. The van der Waals surface area contributed by atoms with Crippen LogP contribution in [0.15, 0.2) is 42.5 Å². The molecule has 1 fully saturated rings. The fourth-order valence-electron chi connectivity index (χ4n) is 4.41. The van der Waals surface area contributed by atoms with Crippen LogP contribution in [0, 0.1) is 12.8 Å². The van der Waals surface area contributed by atoms with Crippen molar-refractivity contribution in [2.24, 2.45) is 5.92 Å². The molecule has 0 amide bonds. The molecular formula is C22H24O. The van der Waals surface area contributed by atoms with Crippen molar-refractivity contribution in [3.63, 3.8) is 0 Å². The first-order valence-electron chi connectivity index (χ1n) is 8.85. The third kappa shape index (κ3) is 2.59. The first-order chi connectivity index (χ1) is 11.2. The maximum atomic E-state index is 10.4. The van der Waals surface area contributed by atoms with Gasteiger partial charge in [-0.25, -0.2) is 0 Å². The van der Waals surface area contributed by atoms with Gasteiger partial charge in [0.1, 0.15) is 5.75 Å². The molecule has 0 unspecified atom stereocenters. The zero-order valence-corrected chi connectivity index (χ0v) is 13.8. The molecule has 1 nitrogen and oxygen atoms in total. The van der Waals surface area contributed by atoms with Gasteiger partial charge in [0.25, 0.3) is 0 Å². The molecule has 0 saturated heterocycles. The minimum absolute atomic E-state index is 0.417. The van der Waals surface area contributed by atoms with Crippen LogP contribution in [0.2, 0.25) is 0 Å². The van der Waals surface area contributed by atoms with Crippen molar-refractivity contribution in [1.29, 1.82) is 0 Å². The van der Waals surface area contributed by atoms with Crippen molar-refractivity contribution in [1.82, 2.24) is 0 Å². The Morgan fingerprint density at radius 3 is 2.48 bits per heavy atom. The topological polar surface area (TPSA) is 20.2 Å². The van der Waals surface area contributed by atoms with Crippen LogP contribution in [0.1, 0.15) is 54.4 Å². The van der Waals surface area contributed by atoms with Crippen molar-refractivity contribution in [3.8, 4) is 5.75 Å². The quantitative estimate of drug-likeness (QED) is 0.749. The maximum absolute atomic E-state index is 10.4. The zero-order chi connectivity index (χ0) is 15.8. The van der Waals surface area contributed by atoms with Crippen molar-refractivity contribution >= 4 is 11.1 Å². The van der Waals surface area contributed by atoms with Gasteiger partial charge in [-0.3, -0.25) is 0 Å². The molecule has 0 aromatic heterocycles. The van der Waals surface area contributed by atoms with Crippen molar-refractivity contribution in [3.05, 3.63) is 64.7 Å². The Hall–Kier alpha value is -2.02. The van der Waals surface area contributed by atoms with E-state index in [0.29, 0.717) is 11.7 Å². The number of hydrogen-bond donors (Lipinski definition) is 1. The second-order valence-electron chi connectivity index (χ2n) is 7.08. The molecule has 0 radical (unpaired) electrons. The van der Waals surface area contributed by atoms with Gasteiger partial charge in [-0.1, -0.05) is 61.2 Å². The van der Waals surface area contributed by atoms with Crippen LogP contribution < -0.4 is 0 Å². The van der Waals surface area contributed by atoms with E-state index in [9.17, 15) is 5.11 Å². The summed E-state index contributed by atoms with van der Waals surface area (Å²) < 4.78 is 0. The molecule has 2 aliphatic rings. The zero-order valence-electron chi connectivity index (χ0n) is 13.8. The highest BCUT2D eigenvalue weighted by Crippen LogP contribution is 2.48. The molecule has 1 N–H and O–H groups in total. The van der Waals surface area contributed by atoms with E-state index in [-0.39, 0.29) is 0 Å². The van der Waals surface area contributed by atoms with Crippen molar-refractivity contribution < 1.29 is 5.11 Å². The average Bonchev–Trinajstić information content (AvgIpc) is 2.94. The summed E-state index contributed by atoms with van der Waals surface area (Å²) in [5.74, 6) is 1.07. The predicted octanol–water partition coefficient (Wildman–Crippen LogP) is 5.75. The lowest BCUT2D eigenvalue weighted by Gasteiger charge is -2.25. The number of hydrogen-bond acceptors (Lipinski definition) is 1. The van der Waals surface area contributed by atoms with Crippen LogP contribution in [0.25, 0.3) is 11.1 Å². The van der Waals surface area contributed by atoms with E-state index in [1.807, 2.05) is 18.2 Å². The summed E-state index contributed by atoms with van der Waals surface area (Å²) in [6.07, 6.45) is 7.59. The summed E-state index contributed by atoms with van der Waals surface area (Å²) in [5.41, 5.74) is 8.09. The van der Waals surface area contributed by atoms with Gasteiger partial charge in [0, 0.05) is 5.56 Å². The lowest BCUT2D eigenvalue weighted by molar-refractivity contribution is 0.430. The number of para-hydroxylation sites is 1. The Kier molecular flexibility index (Phi) is 3.72. The van der Waals surface area contributed by atoms with E-state index in [1.165, 1.54) is 59.9 Å². The SMILES string of the molecule is Cc1ccc2c(c1)CC(c1ccccc1O)=C2C1CCCCC1. The number of benzene rings is 2. The molecule has 2 aromatic carbocycles. The number of aryl methyl sites for hydroxylation is 1. The van der Waals surface area contributed by atoms with Crippen LogP contribution in [-0.2, 0) is 6.42 Å². The number of phenols is 1. The van der Waals surface area contributed by atoms with E-state index in [1.54, 1.807) is 0 Å². The molecule has 2 aliphatic carbocycles. The third-order valence-corrected chi connectivity index (χ3v) is 5.49.